The third-order valence-corrected chi connectivity index (χ3v) is 3.18. The van der Waals surface area contributed by atoms with Crippen molar-refractivity contribution in [3.05, 3.63) is 58.8 Å². The first-order valence-corrected chi connectivity index (χ1v) is 6.70. The van der Waals surface area contributed by atoms with Gasteiger partial charge in [0.2, 0.25) is 11.3 Å². The Morgan fingerprint density at radius 3 is 1.91 bits per heavy atom. The van der Waals surface area contributed by atoms with Gasteiger partial charge in [0.05, 0.1) is 14.2 Å². The molecule has 22 heavy (non-hydrogen) atoms. The van der Waals surface area contributed by atoms with Crippen molar-refractivity contribution in [3.8, 4) is 11.5 Å². The average molecular weight is 299 g/mol. The molecule has 2 aromatic rings. The van der Waals surface area contributed by atoms with Crippen molar-refractivity contribution in [1.29, 1.82) is 0 Å². The Bertz CT molecular complexity index is 725. The molecule has 2 rings (SSSR count). The number of hydrogen-bond acceptors (Lipinski definition) is 4. The van der Waals surface area contributed by atoms with E-state index in [-0.39, 0.29) is 17.1 Å². The Kier molecular flexibility index (Phi) is 4.78. The number of hydrogen-bond donors (Lipinski definition) is 0. The minimum atomic E-state index is -0.244. The normalized spacial score (nSPS) is 9.95. The van der Waals surface area contributed by atoms with Gasteiger partial charge < -0.3 is 9.47 Å². The number of amides is 1. The highest BCUT2D eigenvalue weighted by molar-refractivity contribution is 5.99. The largest absolute Gasteiger partial charge is 0.497 e. The lowest BCUT2D eigenvalue weighted by Crippen LogP contribution is -2.22. The van der Waals surface area contributed by atoms with Crippen molar-refractivity contribution in [2.24, 2.45) is 0 Å². The molecule has 0 aliphatic rings. The van der Waals surface area contributed by atoms with Crippen LogP contribution in [0.15, 0.2) is 53.3 Å². The molecule has 5 heteroatoms. The molecule has 0 unspecified atom stereocenters. The summed E-state index contributed by atoms with van der Waals surface area (Å²) < 4.78 is 10.1. The lowest BCUT2D eigenvalue weighted by Gasteiger charge is -2.20. The van der Waals surface area contributed by atoms with Gasteiger partial charge in [-0.15, -0.1) is 0 Å². The second-order valence-electron chi connectivity index (χ2n) is 4.58. The van der Waals surface area contributed by atoms with E-state index >= 15 is 0 Å². The molecule has 0 aliphatic carbocycles. The summed E-state index contributed by atoms with van der Waals surface area (Å²) in [5.41, 5.74) is 1.02. The maximum absolute atomic E-state index is 12.0. The maximum Gasteiger partial charge on any atom is 0.228 e. The summed E-state index contributed by atoms with van der Waals surface area (Å²) in [7, 11) is 3.01. The van der Waals surface area contributed by atoms with E-state index in [4.69, 9.17) is 9.47 Å². The van der Waals surface area contributed by atoms with Crippen molar-refractivity contribution in [3.63, 3.8) is 0 Å². The van der Waals surface area contributed by atoms with Gasteiger partial charge in [-0.2, -0.15) is 0 Å². The van der Waals surface area contributed by atoms with Crippen LogP contribution >= 0.6 is 0 Å². The van der Waals surface area contributed by atoms with Crippen LogP contribution < -0.4 is 19.8 Å². The van der Waals surface area contributed by atoms with Crippen molar-refractivity contribution in [1.82, 2.24) is 0 Å². The number of benzene rings is 1. The topological polar surface area (TPSA) is 55.8 Å². The van der Waals surface area contributed by atoms with Crippen LogP contribution in [0.3, 0.4) is 0 Å². The van der Waals surface area contributed by atoms with E-state index in [1.807, 2.05) is 0 Å². The van der Waals surface area contributed by atoms with Crippen LogP contribution in [-0.2, 0) is 4.79 Å². The molecule has 0 heterocycles. The van der Waals surface area contributed by atoms with Gasteiger partial charge >= 0.3 is 0 Å². The van der Waals surface area contributed by atoms with Gasteiger partial charge in [0.15, 0.2) is 5.75 Å². The molecule has 0 bridgehead atoms. The molecule has 0 atom stereocenters. The van der Waals surface area contributed by atoms with Gasteiger partial charge in [-0.05, 0) is 48.5 Å². The van der Waals surface area contributed by atoms with Crippen LogP contribution in [0.25, 0.3) is 0 Å². The summed E-state index contributed by atoms with van der Waals surface area (Å²) in [6, 6.07) is 13.3. The molecule has 0 aromatic heterocycles. The molecule has 0 radical (unpaired) electrons. The molecule has 2 aromatic carbocycles. The summed E-state index contributed by atoms with van der Waals surface area (Å²) in [4.78, 5) is 25.3. The molecule has 114 valence electrons. The van der Waals surface area contributed by atoms with Crippen LogP contribution in [0.1, 0.15) is 6.92 Å². The summed E-state index contributed by atoms with van der Waals surface area (Å²) in [6.07, 6.45) is 0. The lowest BCUT2D eigenvalue weighted by atomic mass is 10.2. The molecule has 0 N–H and O–H groups in total. The monoisotopic (exact) mass is 299 g/mol. The van der Waals surface area contributed by atoms with Gasteiger partial charge in [-0.3, -0.25) is 14.5 Å². The first-order valence-electron chi connectivity index (χ1n) is 6.70. The number of anilines is 2. The second kappa shape index (κ2) is 6.76. The number of nitrogens with zero attached hydrogens (tertiary/aromatic N) is 1. The first-order chi connectivity index (χ1) is 10.6. The molecule has 0 spiro atoms. The quantitative estimate of drug-likeness (QED) is 0.871. The molecule has 0 aliphatic heterocycles. The van der Waals surface area contributed by atoms with Crippen LogP contribution in [0.4, 0.5) is 11.4 Å². The fraction of sp³-hybridized carbons (Fsp3) is 0.176. The van der Waals surface area contributed by atoms with Gasteiger partial charge in [-0.1, -0.05) is 0 Å². The Balaban J connectivity index is 2.50. The molecule has 0 saturated heterocycles. The fourth-order valence-electron chi connectivity index (χ4n) is 2.10. The number of carbonyl (C=O) groups is 1. The fourth-order valence-corrected chi connectivity index (χ4v) is 2.10. The highest BCUT2D eigenvalue weighted by atomic mass is 16.5. The lowest BCUT2D eigenvalue weighted by molar-refractivity contribution is -0.115. The minimum absolute atomic E-state index is 0.164. The van der Waals surface area contributed by atoms with Crippen LogP contribution in [0, 0.1) is 0 Å². The molecule has 1 amide bonds. The highest BCUT2D eigenvalue weighted by Crippen LogP contribution is 2.27. The zero-order valence-electron chi connectivity index (χ0n) is 12.7. The molecular weight excluding hydrogens is 282 g/mol. The van der Waals surface area contributed by atoms with Crippen molar-refractivity contribution in [2.45, 2.75) is 6.92 Å². The van der Waals surface area contributed by atoms with Crippen LogP contribution in [-0.4, -0.2) is 20.1 Å². The summed E-state index contributed by atoms with van der Waals surface area (Å²) in [5.74, 6) is 0.765. The number of carbonyl (C=O) groups excluding carboxylic acids is 1. The second-order valence-corrected chi connectivity index (χ2v) is 4.58. The third kappa shape index (κ3) is 3.25. The third-order valence-electron chi connectivity index (χ3n) is 3.18. The Hall–Kier alpha value is -2.82. The first kappa shape index (κ1) is 15.6. The van der Waals surface area contributed by atoms with Gasteiger partial charge in [-0.25, -0.2) is 0 Å². The van der Waals surface area contributed by atoms with E-state index < -0.39 is 0 Å². The summed E-state index contributed by atoms with van der Waals surface area (Å²) in [6.45, 7) is 1.46. The molecule has 0 fully saturated rings. The number of rotatable bonds is 4. The average Bonchev–Trinajstić information content (AvgIpc) is 2.70. The van der Waals surface area contributed by atoms with E-state index in [1.54, 1.807) is 49.6 Å². The summed E-state index contributed by atoms with van der Waals surface area (Å²) >= 11 is 0. The van der Waals surface area contributed by atoms with Gasteiger partial charge in [0.1, 0.15) is 5.75 Å². The van der Waals surface area contributed by atoms with Crippen LogP contribution in [0.5, 0.6) is 11.5 Å². The predicted octanol–water partition coefficient (Wildman–Crippen LogP) is 2.75. The van der Waals surface area contributed by atoms with E-state index in [9.17, 15) is 9.59 Å². The van der Waals surface area contributed by atoms with E-state index in [0.717, 1.165) is 0 Å². The van der Waals surface area contributed by atoms with Crippen LogP contribution in [0.2, 0.25) is 0 Å². The highest BCUT2D eigenvalue weighted by Gasteiger charge is 2.14. The smallest absolute Gasteiger partial charge is 0.228 e. The van der Waals surface area contributed by atoms with Crippen molar-refractivity contribution < 1.29 is 14.3 Å². The maximum atomic E-state index is 12.0. The summed E-state index contributed by atoms with van der Waals surface area (Å²) in [5, 5.41) is 0. The van der Waals surface area contributed by atoms with Crippen molar-refractivity contribution >= 4 is 17.3 Å². The Morgan fingerprint density at radius 2 is 1.41 bits per heavy atom. The van der Waals surface area contributed by atoms with E-state index in [1.165, 1.54) is 25.0 Å². The van der Waals surface area contributed by atoms with Gasteiger partial charge in [0, 0.05) is 18.3 Å². The van der Waals surface area contributed by atoms with Gasteiger partial charge in [0.25, 0.3) is 0 Å². The Labute approximate surface area is 128 Å². The van der Waals surface area contributed by atoms with Crippen molar-refractivity contribution in [2.75, 3.05) is 19.1 Å². The van der Waals surface area contributed by atoms with E-state index in [0.29, 0.717) is 17.1 Å². The predicted molar refractivity (Wildman–Crippen MR) is 85.1 cm³/mol. The molecular formula is C17H17NO4. The standard InChI is InChI=1S/C17H17NO4/c1-12(19)18(13-4-8-15(21-2)9-5-13)14-6-10-16(20)17(22-3)11-7-14/h4-11H,1-3H3. The minimum Gasteiger partial charge on any atom is -0.497 e. The molecule has 5 nitrogen and oxygen atoms in total. The SMILES string of the molecule is COc1ccc(N(C(C)=O)c2ccc(OC)c(=O)cc2)cc1. The number of methoxy groups -OCH3 is 2. The zero-order valence-corrected chi connectivity index (χ0v) is 12.7. The van der Waals surface area contributed by atoms with E-state index in [2.05, 4.69) is 0 Å². The zero-order chi connectivity index (χ0) is 16.1. The number of ether oxygens (including phenoxy) is 2. The Morgan fingerprint density at radius 1 is 0.864 bits per heavy atom. The molecule has 0 saturated carbocycles.